The van der Waals surface area contributed by atoms with E-state index < -0.39 is 0 Å². The number of aromatic nitrogens is 3. The van der Waals surface area contributed by atoms with Gasteiger partial charge in [-0.2, -0.15) is 0 Å². The number of amides is 1. The molecule has 1 aromatic carbocycles. The Labute approximate surface area is 161 Å². The Balaban J connectivity index is 1.52. The van der Waals surface area contributed by atoms with Crippen molar-refractivity contribution in [3.05, 3.63) is 75.8 Å². The quantitative estimate of drug-likeness (QED) is 0.728. The van der Waals surface area contributed by atoms with E-state index in [9.17, 15) is 9.59 Å². The minimum Gasteiger partial charge on any atom is -0.493 e. The third kappa shape index (κ3) is 3.64. The molecule has 0 radical (unpaired) electrons. The fourth-order valence-corrected chi connectivity index (χ4v) is 3.34. The number of benzene rings is 1. The van der Waals surface area contributed by atoms with Crippen molar-refractivity contribution in [1.29, 1.82) is 0 Å². The highest BCUT2D eigenvalue weighted by Crippen LogP contribution is 2.31. The van der Waals surface area contributed by atoms with Crippen LogP contribution in [0, 0.1) is 6.92 Å². The number of aromatic amines is 1. The number of aryl methyl sites for hydroxylation is 1. The van der Waals surface area contributed by atoms with Crippen LogP contribution in [-0.2, 0) is 11.2 Å². The fraction of sp³-hybridized carbons (Fsp3) is 0.238. The summed E-state index contributed by atoms with van der Waals surface area (Å²) in [6.45, 7) is 2.27. The zero-order valence-electron chi connectivity index (χ0n) is 15.4. The average molecular weight is 376 g/mol. The van der Waals surface area contributed by atoms with Crippen molar-refractivity contribution >= 4 is 5.91 Å². The van der Waals surface area contributed by atoms with E-state index in [0.717, 1.165) is 11.3 Å². The summed E-state index contributed by atoms with van der Waals surface area (Å²) in [5.41, 5.74) is 2.09. The Hall–Kier alpha value is -3.48. The summed E-state index contributed by atoms with van der Waals surface area (Å²) in [5.74, 6) is 0.961. The lowest BCUT2D eigenvalue weighted by atomic mass is 10.00. The molecule has 0 aliphatic carbocycles. The number of ether oxygens (including phenoxy) is 1. The fourth-order valence-electron chi connectivity index (χ4n) is 3.34. The maximum Gasteiger partial charge on any atom is 0.255 e. The zero-order valence-corrected chi connectivity index (χ0v) is 15.4. The van der Waals surface area contributed by atoms with E-state index in [1.165, 1.54) is 0 Å². The van der Waals surface area contributed by atoms with Gasteiger partial charge < -0.3 is 15.0 Å². The minimum absolute atomic E-state index is 0.0316. The van der Waals surface area contributed by atoms with Gasteiger partial charge in [-0.15, -0.1) is 0 Å². The Morgan fingerprint density at radius 2 is 2.07 bits per heavy atom. The first-order valence-corrected chi connectivity index (χ1v) is 9.14. The van der Waals surface area contributed by atoms with Gasteiger partial charge in [0.2, 0.25) is 5.91 Å². The van der Waals surface area contributed by atoms with Crippen molar-refractivity contribution in [2.75, 3.05) is 6.61 Å². The molecule has 2 N–H and O–H groups in total. The van der Waals surface area contributed by atoms with Gasteiger partial charge in [0, 0.05) is 29.4 Å². The van der Waals surface area contributed by atoms with Crippen LogP contribution in [-0.4, -0.2) is 27.5 Å². The molecule has 3 heterocycles. The van der Waals surface area contributed by atoms with Crippen LogP contribution in [0.3, 0.4) is 0 Å². The molecule has 0 saturated heterocycles. The molecule has 1 aliphatic rings. The van der Waals surface area contributed by atoms with Gasteiger partial charge in [-0.05, 0) is 25.1 Å². The molecule has 2 aromatic heterocycles. The van der Waals surface area contributed by atoms with E-state index in [0.29, 0.717) is 35.8 Å². The Morgan fingerprint density at radius 3 is 2.86 bits per heavy atom. The zero-order chi connectivity index (χ0) is 19.5. The number of carbonyl (C=O) groups excluding carboxylic acids is 1. The molecule has 0 spiro atoms. The summed E-state index contributed by atoms with van der Waals surface area (Å²) >= 11 is 0. The van der Waals surface area contributed by atoms with Crippen molar-refractivity contribution in [1.82, 2.24) is 20.3 Å². The van der Waals surface area contributed by atoms with Crippen LogP contribution >= 0.6 is 0 Å². The van der Waals surface area contributed by atoms with Crippen LogP contribution in [0.5, 0.6) is 5.75 Å². The molecule has 1 aliphatic heterocycles. The number of nitrogens with zero attached hydrogens (tertiary/aromatic N) is 2. The number of hydrogen-bond acceptors (Lipinski definition) is 5. The summed E-state index contributed by atoms with van der Waals surface area (Å²) in [6, 6.07) is 12.9. The second-order valence-electron chi connectivity index (χ2n) is 6.67. The molecule has 0 bridgehead atoms. The SMILES string of the molecule is Cc1nc(-c2ccccn2)[nH]c(=O)c1CC(=O)NC1CCOc2ccccc21. The lowest BCUT2D eigenvalue weighted by Crippen LogP contribution is -2.34. The molecule has 28 heavy (non-hydrogen) atoms. The first-order valence-electron chi connectivity index (χ1n) is 9.14. The first kappa shape index (κ1) is 17.9. The molecule has 7 nitrogen and oxygen atoms in total. The molecule has 1 unspecified atom stereocenters. The summed E-state index contributed by atoms with van der Waals surface area (Å²) < 4.78 is 5.62. The maximum atomic E-state index is 12.6. The largest absolute Gasteiger partial charge is 0.493 e. The third-order valence-corrected chi connectivity index (χ3v) is 4.76. The van der Waals surface area contributed by atoms with Crippen molar-refractivity contribution in [3.8, 4) is 17.3 Å². The monoisotopic (exact) mass is 376 g/mol. The van der Waals surface area contributed by atoms with Gasteiger partial charge in [-0.1, -0.05) is 24.3 Å². The number of carbonyl (C=O) groups is 1. The highest BCUT2D eigenvalue weighted by atomic mass is 16.5. The summed E-state index contributed by atoms with van der Waals surface area (Å²) in [6.07, 6.45) is 2.29. The van der Waals surface area contributed by atoms with Gasteiger partial charge in [0.25, 0.3) is 5.56 Å². The van der Waals surface area contributed by atoms with Crippen molar-refractivity contribution in [3.63, 3.8) is 0 Å². The lowest BCUT2D eigenvalue weighted by molar-refractivity contribution is -0.121. The van der Waals surface area contributed by atoms with E-state index in [4.69, 9.17) is 4.74 Å². The molecule has 0 saturated carbocycles. The van der Waals surface area contributed by atoms with Crippen molar-refractivity contribution in [2.45, 2.75) is 25.8 Å². The number of rotatable bonds is 4. The number of hydrogen-bond donors (Lipinski definition) is 2. The Bertz CT molecular complexity index is 1060. The molecule has 3 aromatic rings. The topological polar surface area (TPSA) is 97.0 Å². The van der Waals surface area contributed by atoms with Gasteiger partial charge in [0.1, 0.15) is 11.4 Å². The molecule has 4 rings (SSSR count). The van der Waals surface area contributed by atoms with Crippen molar-refractivity contribution < 1.29 is 9.53 Å². The molecule has 7 heteroatoms. The third-order valence-electron chi connectivity index (χ3n) is 4.76. The molecule has 142 valence electrons. The van der Waals surface area contributed by atoms with Gasteiger partial charge in [0.05, 0.1) is 19.1 Å². The van der Waals surface area contributed by atoms with Gasteiger partial charge in [-0.25, -0.2) is 4.98 Å². The summed E-state index contributed by atoms with van der Waals surface area (Å²) in [4.78, 5) is 36.5. The Morgan fingerprint density at radius 1 is 1.25 bits per heavy atom. The molecular weight excluding hydrogens is 356 g/mol. The van der Waals surface area contributed by atoms with Crippen LogP contribution in [0.2, 0.25) is 0 Å². The average Bonchev–Trinajstić information content (AvgIpc) is 2.71. The van der Waals surface area contributed by atoms with E-state index in [-0.39, 0.29) is 23.9 Å². The van der Waals surface area contributed by atoms with Crippen LogP contribution in [0.15, 0.2) is 53.5 Å². The number of fused-ring (bicyclic) bond motifs is 1. The normalized spacial score (nSPS) is 15.4. The Kier molecular flexibility index (Phi) is 4.89. The molecule has 1 atom stereocenters. The molecule has 1 amide bonds. The van der Waals surface area contributed by atoms with Crippen LogP contribution in [0.1, 0.15) is 29.3 Å². The highest BCUT2D eigenvalue weighted by Gasteiger charge is 2.23. The standard InChI is InChI=1S/C21H20N4O3/c1-13-15(21(27)25-20(23-13)17-7-4-5-10-22-17)12-19(26)24-16-9-11-28-18-8-3-2-6-14(16)18/h2-8,10,16H,9,11-12H2,1H3,(H,24,26)(H,23,25,27). The summed E-state index contributed by atoms with van der Waals surface area (Å²) in [7, 11) is 0. The number of pyridine rings is 1. The predicted molar refractivity (Wildman–Crippen MR) is 104 cm³/mol. The van der Waals surface area contributed by atoms with Gasteiger partial charge >= 0.3 is 0 Å². The summed E-state index contributed by atoms with van der Waals surface area (Å²) in [5, 5.41) is 3.01. The van der Waals surface area contributed by atoms with Crippen molar-refractivity contribution in [2.24, 2.45) is 0 Å². The number of para-hydroxylation sites is 1. The highest BCUT2D eigenvalue weighted by molar-refractivity contribution is 5.79. The minimum atomic E-state index is -0.323. The van der Waals surface area contributed by atoms with E-state index in [1.807, 2.05) is 30.3 Å². The number of H-pyrrole nitrogens is 1. The molecule has 0 fully saturated rings. The van der Waals surface area contributed by atoms with Crippen LogP contribution in [0.4, 0.5) is 0 Å². The van der Waals surface area contributed by atoms with Crippen LogP contribution in [0.25, 0.3) is 11.5 Å². The smallest absolute Gasteiger partial charge is 0.255 e. The number of nitrogens with one attached hydrogen (secondary N) is 2. The lowest BCUT2D eigenvalue weighted by Gasteiger charge is -2.26. The van der Waals surface area contributed by atoms with E-state index in [2.05, 4.69) is 20.3 Å². The van der Waals surface area contributed by atoms with E-state index in [1.54, 1.807) is 25.3 Å². The van der Waals surface area contributed by atoms with Gasteiger partial charge in [-0.3, -0.25) is 14.6 Å². The van der Waals surface area contributed by atoms with Crippen LogP contribution < -0.4 is 15.6 Å². The first-order chi connectivity index (χ1) is 13.6. The maximum absolute atomic E-state index is 12.6. The van der Waals surface area contributed by atoms with Gasteiger partial charge in [0.15, 0.2) is 5.82 Å². The molecular formula is C21H20N4O3. The second kappa shape index (κ2) is 7.64. The predicted octanol–water partition coefficient (Wildman–Crippen LogP) is 2.32. The van der Waals surface area contributed by atoms with E-state index >= 15 is 0 Å². The second-order valence-corrected chi connectivity index (χ2v) is 6.67.